The van der Waals surface area contributed by atoms with Crippen molar-refractivity contribution in [3.8, 4) is 11.4 Å². The van der Waals surface area contributed by atoms with Crippen LogP contribution < -0.4 is 4.72 Å². The minimum Gasteiger partial charge on any atom is -0.337 e. The molecule has 2 aromatic rings. The Labute approximate surface area is 105 Å². The van der Waals surface area contributed by atoms with E-state index in [0.29, 0.717) is 5.82 Å². The van der Waals surface area contributed by atoms with Gasteiger partial charge in [-0.15, -0.1) is 0 Å². The van der Waals surface area contributed by atoms with Crippen molar-refractivity contribution in [3.05, 3.63) is 36.2 Å². The van der Waals surface area contributed by atoms with Crippen LogP contribution in [0, 0.1) is 0 Å². The number of sulfonamides is 1. The molecule has 1 unspecified atom stereocenters. The largest absolute Gasteiger partial charge is 0.337 e. The number of nitrogens with zero attached hydrogens (tertiary/aromatic N) is 2. The molecule has 0 radical (unpaired) electrons. The SMILES string of the molecule is CC(NS(C)(=O)=O)c1nc(-c2ccccc2)no1. The Morgan fingerprint density at radius 1 is 1.28 bits per heavy atom. The normalized spacial score (nSPS) is 13.4. The lowest BCUT2D eigenvalue weighted by molar-refractivity contribution is 0.354. The molecule has 0 bridgehead atoms. The summed E-state index contributed by atoms with van der Waals surface area (Å²) >= 11 is 0. The fourth-order valence-corrected chi connectivity index (χ4v) is 2.23. The molecular formula is C11H13N3O3S. The molecule has 0 aliphatic heterocycles. The lowest BCUT2D eigenvalue weighted by atomic mass is 10.2. The number of aromatic nitrogens is 2. The molecule has 18 heavy (non-hydrogen) atoms. The maximum Gasteiger partial charge on any atom is 0.244 e. The number of benzene rings is 1. The summed E-state index contributed by atoms with van der Waals surface area (Å²) in [7, 11) is -3.30. The minimum atomic E-state index is -3.30. The van der Waals surface area contributed by atoms with E-state index in [1.165, 1.54) is 0 Å². The standard InChI is InChI=1S/C11H13N3O3S/c1-8(14-18(2,15)16)11-12-10(13-17-11)9-6-4-3-5-7-9/h3-8,14H,1-2H3. The molecule has 96 valence electrons. The maximum absolute atomic E-state index is 11.1. The summed E-state index contributed by atoms with van der Waals surface area (Å²) in [4.78, 5) is 4.16. The molecular weight excluding hydrogens is 254 g/mol. The molecule has 0 saturated heterocycles. The maximum atomic E-state index is 11.1. The predicted octanol–water partition coefficient (Wildman–Crippen LogP) is 1.35. The number of hydrogen-bond acceptors (Lipinski definition) is 5. The van der Waals surface area contributed by atoms with Crippen LogP contribution in [0.4, 0.5) is 0 Å². The van der Waals surface area contributed by atoms with Gasteiger partial charge in [0.2, 0.25) is 21.7 Å². The number of nitrogens with one attached hydrogen (secondary N) is 1. The van der Waals surface area contributed by atoms with Gasteiger partial charge in [0.25, 0.3) is 0 Å². The summed E-state index contributed by atoms with van der Waals surface area (Å²) in [6, 6.07) is 8.77. The van der Waals surface area contributed by atoms with E-state index in [9.17, 15) is 8.42 Å². The van der Waals surface area contributed by atoms with Gasteiger partial charge in [0.15, 0.2) is 0 Å². The zero-order chi connectivity index (χ0) is 13.2. The van der Waals surface area contributed by atoms with Crippen LogP contribution in [0.25, 0.3) is 11.4 Å². The first-order valence-electron chi connectivity index (χ1n) is 5.32. The first-order valence-corrected chi connectivity index (χ1v) is 7.21. The average molecular weight is 267 g/mol. The Balaban J connectivity index is 2.21. The third-order valence-corrected chi connectivity index (χ3v) is 3.02. The van der Waals surface area contributed by atoms with E-state index in [1.807, 2.05) is 30.3 Å². The van der Waals surface area contributed by atoms with Gasteiger partial charge in [-0.3, -0.25) is 0 Å². The van der Waals surface area contributed by atoms with E-state index in [2.05, 4.69) is 14.9 Å². The zero-order valence-electron chi connectivity index (χ0n) is 9.99. The van der Waals surface area contributed by atoms with Crippen molar-refractivity contribution in [1.29, 1.82) is 0 Å². The van der Waals surface area contributed by atoms with E-state index in [0.717, 1.165) is 11.8 Å². The van der Waals surface area contributed by atoms with E-state index in [1.54, 1.807) is 6.92 Å². The zero-order valence-corrected chi connectivity index (χ0v) is 10.8. The molecule has 1 heterocycles. The van der Waals surface area contributed by atoms with Crippen LogP contribution in [0.2, 0.25) is 0 Å². The first kappa shape index (κ1) is 12.7. The summed E-state index contributed by atoms with van der Waals surface area (Å²) in [5.74, 6) is 0.673. The Morgan fingerprint density at radius 3 is 2.56 bits per heavy atom. The highest BCUT2D eigenvalue weighted by atomic mass is 32.2. The van der Waals surface area contributed by atoms with Crippen LogP contribution in [-0.4, -0.2) is 24.8 Å². The van der Waals surface area contributed by atoms with Crippen molar-refractivity contribution in [2.24, 2.45) is 0 Å². The van der Waals surface area contributed by atoms with Crippen LogP contribution in [-0.2, 0) is 10.0 Å². The second-order valence-electron chi connectivity index (χ2n) is 3.93. The Kier molecular flexibility index (Phi) is 3.44. The van der Waals surface area contributed by atoms with E-state index >= 15 is 0 Å². The van der Waals surface area contributed by atoms with Gasteiger partial charge in [-0.25, -0.2) is 13.1 Å². The van der Waals surface area contributed by atoms with Crippen LogP contribution in [0.15, 0.2) is 34.9 Å². The van der Waals surface area contributed by atoms with Gasteiger partial charge >= 0.3 is 0 Å². The second kappa shape index (κ2) is 4.87. The fourth-order valence-electron chi connectivity index (χ4n) is 1.49. The highest BCUT2D eigenvalue weighted by Crippen LogP contribution is 2.18. The lowest BCUT2D eigenvalue weighted by Crippen LogP contribution is -2.25. The van der Waals surface area contributed by atoms with Crippen LogP contribution >= 0.6 is 0 Å². The van der Waals surface area contributed by atoms with Gasteiger partial charge in [0.1, 0.15) is 0 Å². The molecule has 7 heteroatoms. The Bertz CT molecular complexity index is 622. The van der Waals surface area contributed by atoms with Gasteiger partial charge in [0, 0.05) is 5.56 Å². The lowest BCUT2D eigenvalue weighted by Gasteiger charge is -2.05. The first-order chi connectivity index (χ1) is 8.46. The van der Waals surface area contributed by atoms with E-state index in [4.69, 9.17) is 4.52 Å². The minimum absolute atomic E-state index is 0.235. The number of hydrogen-bond donors (Lipinski definition) is 1. The topological polar surface area (TPSA) is 85.1 Å². The molecule has 1 N–H and O–H groups in total. The smallest absolute Gasteiger partial charge is 0.244 e. The fraction of sp³-hybridized carbons (Fsp3) is 0.273. The van der Waals surface area contributed by atoms with Gasteiger partial charge < -0.3 is 4.52 Å². The molecule has 0 aliphatic carbocycles. The van der Waals surface area contributed by atoms with Crippen LogP contribution in [0.3, 0.4) is 0 Å². The Hall–Kier alpha value is -1.73. The van der Waals surface area contributed by atoms with Gasteiger partial charge in [-0.2, -0.15) is 4.98 Å². The highest BCUT2D eigenvalue weighted by Gasteiger charge is 2.18. The number of rotatable bonds is 4. The molecule has 0 saturated carbocycles. The summed E-state index contributed by atoms with van der Waals surface area (Å²) in [5.41, 5.74) is 0.819. The van der Waals surface area contributed by atoms with Crippen molar-refractivity contribution in [1.82, 2.24) is 14.9 Å². The van der Waals surface area contributed by atoms with Crippen LogP contribution in [0.5, 0.6) is 0 Å². The summed E-state index contributed by atoms with van der Waals surface area (Å²) in [5, 5.41) is 3.82. The average Bonchev–Trinajstić information content (AvgIpc) is 2.77. The van der Waals surface area contributed by atoms with E-state index < -0.39 is 16.1 Å². The molecule has 1 aromatic carbocycles. The van der Waals surface area contributed by atoms with Crippen molar-refractivity contribution in [3.63, 3.8) is 0 Å². The second-order valence-corrected chi connectivity index (χ2v) is 5.71. The molecule has 0 aliphatic rings. The molecule has 2 rings (SSSR count). The van der Waals surface area contributed by atoms with Crippen molar-refractivity contribution in [2.75, 3.05) is 6.26 Å². The van der Waals surface area contributed by atoms with Crippen molar-refractivity contribution in [2.45, 2.75) is 13.0 Å². The molecule has 1 aromatic heterocycles. The van der Waals surface area contributed by atoms with Crippen LogP contribution in [0.1, 0.15) is 18.9 Å². The van der Waals surface area contributed by atoms with Gasteiger partial charge in [0.05, 0.1) is 12.3 Å². The summed E-state index contributed by atoms with van der Waals surface area (Å²) in [6.07, 6.45) is 1.08. The summed E-state index contributed by atoms with van der Waals surface area (Å²) in [6.45, 7) is 1.64. The molecule has 0 spiro atoms. The third kappa shape index (κ3) is 3.14. The van der Waals surface area contributed by atoms with Crippen molar-refractivity contribution >= 4 is 10.0 Å². The molecule has 6 nitrogen and oxygen atoms in total. The summed E-state index contributed by atoms with van der Waals surface area (Å²) < 4.78 is 29.6. The molecule has 0 fully saturated rings. The third-order valence-electron chi connectivity index (χ3n) is 2.24. The quantitative estimate of drug-likeness (QED) is 0.903. The Morgan fingerprint density at radius 2 is 1.94 bits per heavy atom. The molecule has 0 amide bonds. The van der Waals surface area contributed by atoms with Crippen molar-refractivity contribution < 1.29 is 12.9 Å². The van der Waals surface area contributed by atoms with Gasteiger partial charge in [-0.1, -0.05) is 35.5 Å². The monoisotopic (exact) mass is 267 g/mol. The van der Waals surface area contributed by atoms with Gasteiger partial charge in [-0.05, 0) is 6.92 Å². The molecule has 1 atom stereocenters. The van der Waals surface area contributed by atoms with E-state index in [-0.39, 0.29) is 5.89 Å². The highest BCUT2D eigenvalue weighted by molar-refractivity contribution is 7.88. The predicted molar refractivity (Wildman–Crippen MR) is 66.1 cm³/mol.